The number of amides is 1. The molecule has 0 aliphatic heterocycles. The summed E-state index contributed by atoms with van der Waals surface area (Å²) in [5.74, 6) is -0.305. The molecule has 0 radical (unpaired) electrons. The van der Waals surface area contributed by atoms with Gasteiger partial charge in [0.1, 0.15) is 5.75 Å². The Morgan fingerprint density at radius 1 is 1.00 bits per heavy atom. The summed E-state index contributed by atoms with van der Waals surface area (Å²) in [5.41, 5.74) is 0.610. The first-order chi connectivity index (χ1) is 13.0. The maximum atomic E-state index is 12.5. The van der Waals surface area contributed by atoms with Crippen LogP contribution in [0.15, 0.2) is 60.7 Å². The SMILES string of the molecule is COC(=O)c1ccc(Cl)c(NC(=O)[C@H](C)Oc2ccc3ccccc3c2)c1. The van der Waals surface area contributed by atoms with Crippen LogP contribution in [0.4, 0.5) is 5.69 Å². The van der Waals surface area contributed by atoms with Crippen molar-refractivity contribution < 1.29 is 19.1 Å². The topological polar surface area (TPSA) is 64.6 Å². The van der Waals surface area contributed by atoms with Crippen LogP contribution in [-0.2, 0) is 9.53 Å². The lowest BCUT2D eigenvalue weighted by molar-refractivity contribution is -0.122. The Kier molecular flexibility index (Phi) is 5.62. The van der Waals surface area contributed by atoms with Crippen LogP contribution in [0.25, 0.3) is 10.8 Å². The van der Waals surface area contributed by atoms with Gasteiger partial charge in [-0.25, -0.2) is 4.79 Å². The standard InChI is InChI=1S/C21H18ClNO4/c1-13(27-17-9-7-14-5-3-4-6-15(14)11-17)20(24)23-19-12-16(21(25)26-2)8-10-18(19)22/h3-13H,1-2H3,(H,23,24)/t13-/m0/s1. The Morgan fingerprint density at radius 3 is 2.48 bits per heavy atom. The molecule has 0 saturated heterocycles. The minimum absolute atomic E-state index is 0.292. The first kappa shape index (κ1) is 18.7. The Morgan fingerprint density at radius 2 is 1.74 bits per heavy atom. The molecule has 1 N–H and O–H groups in total. The molecule has 0 heterocycles. The third-order valence-corrected chi connectivity index (χ3v) is 4.38. The maximum Gasteiger partial charge on any atom is 0.337 e. The summed E-state index contributed by atoms with van der Waals surface area (Å²) in [6.07, 6.45) is -0.760. The number of esters is 1. The van der Waals surface area contributed by atoms with E-state index in [1.807, 2.05) is 42.5 Å². The molecule has 1 amide bonds. The summed E-state index contributed by atoms with van der Waals surface area (Å²) >= 11 is 6.11. The zero-order chi connectivity index (χ0) is 19.4. The highest BCUT2D eigenvalue weighted by Gasteiger charge is 2.17. The van der Waals surface area contributed by atoms with Gasteiger partial charge in [-0.05, 0) is 48.0 Å². The lowest BCUT2D eigenvalue weighted by Crippen LogP contribution is -2.30. The number of carbonyl (C=O) groups is 2. The third kappa shape index (κ3) is 4.38. The lowest BCUT2D eigenvalue weighted by atomic mass is 10.1. The van der Waals surface area contributed by atoms with Gasteiger partial charge in [0.2, 0.25) is 0 Å². The molecular weight excluding hydrogens is 366 g/mol. The molecule has 0 aromatic heterocycles. The largest absolute Gasteiger partial charge is 0.481 e. The van der Waals surface area contributed by atoms with E-state index in [4.69, 9.17) is 16.3 Å². The average molecular weight is 384 g/mol. The number of benzene rings is 3. The highest BCUT2D eigenvalue weighted by molar-refractivity contribution is 6.33. The Balaban J connectivity index is 1.72. The number of hydrogen-bond acceptors (Lipinski definition) is 4. The van der Waals surface area contributed by atoms with Crippen LogP contribution in [0.5, 0.6) is 5.75 Å². The Labute approximate surface area is 161 Å². The molecule has 0 aliphatic carbocycles. The smallest absolute Gasteiger partial charge is 0.337 e. The first-order valence-electron chi connectivity index (χ1n) is 8.32. The van der Waals surface area contributed by atoms with Gasteiger partial charge < -0.3 is 14.8 Å². The van der Waals surface area contributed by atoms with E-state index in [9.17, 15) is 9.59 Å². The fraction of sp³-hybridized carbons (Fsp3) is 0.143. The van der Waals surface area contributed by atoms with Crippen molar-refractivity contribution in [2.24, 2.45) is 0 Å². The number of rotatable bonds is 5. The molecule has 3 rings (SSSR count). The summed E-state index contributed by atoms with van der Waals surface area (Å²) < 4.78 is 10.4. The molecule has 6 heteroatoms. The lowest BCUT2D eigenvalue weighted by Gasteiger charge is -2.16. The molecule has 27 heavy (non-hydrogen) atoms. The van der Waals surface area contributed by atoms with Crippen molar-refractivity contribution in [1.82, 2.24) is 0 Å². The van der Waals surface area contributed by atoms with Crippen molar-refractivity contribution >= 4 is 39.9 Å². The molecule has 0 unspecified atom stereocenters. The van der Waals surface area contributed by atoms with E-state index in [0.29, 0.717) is 22.0 Å². The number of fused-ring (bicyclic) bond motifs is 1. The van der Waals surface area contributed by atoms with E-state index in [0.717, 1.165) is 10.8 Å². The highest BCUT2D eigenvalue weighted by atomic mass is 35.5. The molecule has 5 nitrogen and oxygen atoms in total. The van der Waals surface area contributed by atoms with E-state index < -0.39 is 12.1 Å². The van der Waals surface area contributed by atoms with Gasteiger partial charge in [0.05, 0.1) is 23.4 Å². The Bertz CT molecular complexity index is 1000. The van der Waals surface area contributed by atoms with Gasteiger partial charge in [0, 0.05) is 0 Å². The summed E-state index contributed by atoms with van der Waals surface area (Å²) in [5, 5.41) is 5.11. The molecule has 3 aromatic carbocycles. The molecule has 138 valence electrons. The number of halogens is 1. The van der Waals surface area contributed by atoms with Gasteiger partial charge in [-0.15, -0.1) is 0 Å². The van der Waals surface area contributed by atoms with Gasteiger partial charge >= 0.3 is 5.97 Å². The molecule has 3 aromatic rings. The second-order valence-corrected chi connectivity index (χ2v) is 6.35. The normalized spacial score (nSPS) is 11.7. The number of methoxy groups -OCH3 is 1. The molecule has 0 aliphatic rings. The van der Waals surface area contributed by atoms with Crippen molar-refractivity contribution in [2.45, 2.75) is 13.0 Å². The quantitative estimate of drug-likeness (QED) is 0.649. The van der Waals surface area contributed by atoms with Gasteiger partial charge in [-0.1, -0.05) is 41.9 Å². The fourth-order valence-electron chi connectivity index (χ4n) is 2.60. The van der Waals surface area contributed by atoms with Crippen LogP contribution < -0.4 is 10.1 Å². The summed E-state index contributed by atoms with van der Waals surface area (Å²) in [7, 11) is 1.29. The first-order valence-corrected chi connectivity index (χ1v) is 8.70. The van der Waals surface area contributed by atoms with E-state index in [2.05, 4.69) is 10.1 Å². The van der Waals surface area contributed by atoms with Gasteiger partial charge in [0.15, 0.2) is 6.10 Å². The van der Waals surface area contributed by atoms with Gasteiger partial charge in [-0.3, -0.25) is 4.79 Å². The van der Waals surface area contributed by atoms with Crippen LogP contribution in [0.1, 0.15) is 17.3 Å². The molecule has 0 fully saturated rings. The predicted octanol–water partition coefficient (Wildman–Crippen LogP) is 4.69. The van der Waals surface area contributed by atoms with Crippen LogP contribution >= 0.6 is 11.6 Å². The second-order valence-electron chi connectivity index (χ2n) is 5.94. The predicted molar refractivity (Wildman–Crippen MR) is 105 cm³/mol. The number of hydrogen-bond donors (Lipinski definition) is 1. The maximum absolute atomic E-state index is 12.5. The van der Waals surface area contributed by atoms with E-state index >= 15 is 0 Å². The number of nitrogens with one attached hydrogen (secondary N) is 1. The molecule has 0 bridgehead atoms. The van der Waals surface area contributed by atoms with E-state index in [1.54, 1.807) is 6.92 Å². The second kappa shape index (κ2) is 8.10. The van der Waals surface area contributed by atoms with E-state index in [1.165, 1.54) is 25.3 Å². The third-order valence-electron chi connectivity index (χ3n) is 4.05. The van der Waals surface area contributed by atoms with Crippen molar-refractivity contribution in [2.75, 3.05) is 12.4 Å². The van der Waals surface area contributed by atoms with Crippen LogP contribution in [0, 0.1) is 0 Å². The molecular formula is C21H18ClNO4. The van der Waals surface area contributed by atoms with Crippen LogP contribution in [-0.4, -0.2) is 25.1 Å². The highest BCUT2D eigenvalue weighted by Crippen LogP contribution is 2.25. The monoisotopic (exact) mass is 383 g/mol. The van der Waals surface area contributed by atoms with Crippen molar-refractivity contribution in [1.29, 1.82) is 0 Å². The summed E-state index contributed by atoms with van der Waals surface area (Å²) in [4.78, 5) is 24.1. The summed E-state index contributed by atoms with van der Waals surface area (Å²) in [6, 6.07) is 18.0. The zero-order valence-corrected chi connectivity index (χ0v) is 15.6. The average Bonchev–Trinajstić information content (AvgIpc) is 2.68. The van der Waals surface area contributed by atoms with Gasteiger partial charge in [-0.2, -0.15) is 0 Å². The molecule has 1 atom stereocenters. The zero-order valence-electron chi connectivity index (χ0n) is 14.9. The van der Waals surface area contributed by atoms with Crippen molar-refractivity contribution in [3.8, 4) is 5.75 Å². The Hall–Kier alpha value is -3.05. The van der Waals surface area contributed by atoms with Crippen molar-refractivity contribution in [3.63, 3.8) is 0 Å². The minimum atomic E-state index is -0.760. The summed E-state index contributed by atoms with van der Waals surface area (Å²) in [6.45, 7) is 1.64. The fourth-order valence-corrected chi connectivity index (χ4v) is 2.76. The van der Waals surface area contributed by atoms with E-state index in [-0.39, 0.29) is 5.91 Å². The number of carbonyl (C=O) groups excluding carboxylic acids is 2. The van der Waals surface area contributed by atoms with Crippen LogP contribution in [0.3, 0.4) is 0 Å². The number of anilines is 1. The molecule has 0 saturated carbocycles. The van der Waals surface area contributed by atoms with Crippen molar-refractivity contribution in [3.05, 3.63) is 71.2 Å². The molecule has 0 spiro atoms. The van der Waals surface area contributed by atoms with Crippen LogP contribution in [0.2, 0.25) is 5.02 Å². The van der Waals surface area contributed by atoms with Gasteiger partial charge in [0.25, 0.3) is 5.91 Å². The minimum Gasteiger partial charge on any atom is -0.481 e. The number of ether oxygens (including phenoxy) is 2.